The smallest absolute Gasteiger partial charge is 0.316 e. The number of aliphatic carboxylic acids is 1. The lowest BCUT2D eigenvalue weighted by molar-refractivity contribution is -0.149. The van der Waals surface area contributed by atoms with Crippen LogP contribution in [0.2, 0.25) is 0 Å². The number of carbonyl (C=O) groups excluding carboxylic acids is 1. The quantitative estimate of drug-likeness (QED) is 0.840. The summed E-state index contributed by atoms with van der Waals surface area (Å²) in [4.78, 5) is 27.7. The van der Waals surface area contributed by atoms with Crippen molar-refractivity contribution < 1.29 is 14.7 Å². The van der Waals surface area contributed by atoms with Crippen molar-refractivity contribution in [3.8, 4) is 0 Å². The van der Waals surface area contributed by atoms with Gasteiger partial charge in [0.2, 0.25) is 5.91 Å². The van der Waals surface area contributed by atoms with Crippen molar-refractivity contribution in [2.45, 2.75) is 47.0 Å². The number of thiazole rings is 1. The first-order chi connectivity index (χ1) is 8.93. The summed E-state index contributed by atoms with van der Waals surface area (Å²) in [7, 11) is 0. The molecule has 1 unspecified atom stereocenters. The van der Waals surface area contributed by atoms with E-state index in [0.29, 0.717) is 5.13 Å². The van der Waals surface area contributed by atoms with Gasteiger partial charge in [-0.15, -0.1) is 11.3 Å². The van der Waals surface area contributed by atoms with Gasteiger partial charge in [0, 0.05) is 10.8 Å². The Bertz CT molecular complexity index is 509. The van der Waals surface area contributed by atoms with E-state index in [9.17, 15) is 14.7 Å². The summed E-state index contributed by atoms with van der Waals surface area (Å²) in [5.41, 5.74) is 0.121. The molecule has 0 saturated heterocycles. The van der Waals surface area contributed by atoms with E-state index < -0.39 is 23.2 Å². The van der Waals surface area contributed by atoms with Crippen LogP contribution in [0.25, 0.3) is 0 Å². The minimum Gasteiger partial charge on any atom is -0.481 e. The Morgan fingerprint density at radius 2 is 1.80 bits per heavy atom. The van der Waals surface area contributed by atoms with Gasteiger partial charge in [-0.1, -0.05) is 41.5 Å². The van der Waals surface area contributed by atoms with Crippen LogP contribution in [0.5, 0.6) is 0 Å². The maximum atomic E-state index is 12.1. The van der Waals surface area contributed by atoms with Gasteiger partial charge in [-0.2, -0.15) is 0 Å². The van der Waals surface area contributed by atoms with Gasteiger partial charge in [0.1, 0.15) is 5.92 Å². The molecular weight excluding hydrogens is 276 g/mol. The van der Waals surface area contributed by atoms with Gasteiger partial charge >= 0.3 is 5.97 Å². The lowest BCUT2D eigenvalue weighted by Gasteiger charge is -2.25. The van der Waals surface area contributed by atoms with E-state index in [0.717, 1.165) is 5.69 Å². The number of amides is 1. The molecule has 0 bridgehead atoms. The number of carboxylic acids is 1. The van der Waals surface area contributed by atoms with Crippen molar-refractivity contribution in [3.05, 3.63) is 11.1 Å². The number of aromatic nitrogens is 1. The second-order valence-corrected chi connectivity index (χ2v) is 7.77. The van der Waals surface area contributed by atoms with Crippen molar-refractivity contribution in [3.63, 3.8) is 0 Å². The molecule has 6 heteroatoms. The first-order valence-electron chi connectivity index (χ1n) is 6.42. The van der Waals surface area contributed by atoms with Crippen molar-refractivity contribution in [2.24, 2.45) is 11.3 Å². The Labute approximate surface area is 123 Å². The summed E-state index contributed by atoms with van der Waals surface area (Å²) in [5.74, 6) is -2.76. The number of nitrogens with zero attached hydrogens (tertiary/aromatic N) is 1. The van der Waals surface area contributed by atoms with E-state index in [1.807, 2.05) is 26.2 Å². The minimum absolute atomic E-state index is 0.101. The van der Waals surface area contributed by atoms with E-state index in [-0.39, 0.29) is 5.41 Å². The third-order valence-corrected chi connectivity index (χ3v) is 3.64. The maximum absolute atomic E-state index is 12.1. The van der Waals surface area contributed by atoms with E-state index in [2.05, 4.69) is 10.3 Å². The minimum atomic E-state index is -1.12. The molecule has 2 N–H and O–H groups in total. The highest BCUT2D eigenvalue weighted by molar-refractivity contribution is 7.14. The van der Waals surface area contributed by atoms with Crippen LogP contribution in [0, 0.1) is 11.3 Å². The van der Waals surface area contributed by atoms with E-state index in [1.54, 1.807) is 20.8 Å². The highest BCUT2D eigenvalue weighted by Gasteiger charge is 2.38. The topological polar surface area (TPSA) is 79.3 Å². The van der Waals surface area contributed by atoms with Crippen LogP contribution in [0.1, 0.15) is 47.2 Å². The van der Waals surface area contributed by atoms with Crippen molar-refractivity contribution in [1.29, 1.82) is 0 Å². The zero-order valence-electron chi connectivity index (χ0n) is 12.8. The highest BCUT2D eigenvalue weighted by Crippen LogP contribution is 2.30. The molecule has 0 fully saturated rings. The molecule has 0 aliphatic rings. The van der Waals surface area contributed by atoms with Gasteiger partial charge in [0.25, 0.3) is 0 Å². The van der Waals surface area contributed by atoms with Crippen molar-refractivity contribution in [1.82, 2.24) is 4.98 Å². The van der Waals surface area contributed by atoms with Gasteiger partial charge in [-0.25, -0.2) is 4.98 Å². The molecule has 1 atom stereocenters. The molecule has 1 amide bonds. The fourth-order valence-corrected chi connectivity index (χ4v) is 2.67. The van der Waals surface area contributed by atoms with Crippen LogP contribution in [0.3, 0.4) is 0 Å². The molecule has 5 nitrogen and oxygen atoms in total. The third kappa shape index (κ3) is 4.03. The zero-order chi connectivity index (χ0) is 15.7. The van der Waals surface area contributed by atoms with Crippen LogP contribution in [-0.2, 0) is 15.0 Å². The van der Waals surface area contributed by atoms with Crippen LogP contribution in [-0.4, -0.2) is 22.0 Å². The first kappa shape index (κ1) is 16.6. The number of nitrogens with one attached hydrogen (secondary N) is 1. The molecule has 0 aliphatic carbocycles. The second-order valence-electron chi connectivity index (χ2n) is 6.91. The molecule has 0 aliphatic heterocycles. The molecule has 1 heterocycles. The van der Waals surface area contributed by atoms with Gasteiger partial charge in [0.05, 0.1) is 5.69 Å². The van der Waals surface area contributed by atoms with Crippen LogP contribution >= 0.6 is 11.3 Å². The van der Waals surface area contributed by atoms with E-state index >= 15 is 0 Å². The van der Waals surface area contributed by atoms with Crippen LogP contribution in [0.4, 0.5) is 5.13 Å². The molecule has 0 radical (unpaired) electrons. The lowest BCUT2D eigenvalue weighted by Crippen LogP contribution is -2.39. The summed E-state index contributed by atoms with van der Waals surface area (Å²) in [6.45, 7) is 11.3. The summed E-state index contributed by atoms with van der Waals surface area (Å²) >= 11 is 1.31. The van der Waals surface area contributed by atoms with Gasteiger partial charge < -0.3 is 10.4 Å². The Hall–Kier alpha value is -1.43. The third-order valence-electron chi connectivity index (χ3n) is 2.88. The monoisotopic (exact) mass is 298 g/mol. The SMILES string of the molecule is CC(C)(C)c1csc(NC(=O)C(C(=O)O)C(C)(C)C)n1. The number of carboxylic acid groups (broad SMARTS) is 1. The molecule has 1 aromatic heterocycles. The largest absolute Gasteiger partial charge is 0.481 e. The van der Waals surface area contributed by atoms with Crippen LogP contribution < -0.4 is 5.32 Å². The van der Waals surface area contributed by atoms with E-state index in [4.69, 9.17) is 0 Å². The zero-order valence-corrected chi connectivity index (χ0v) is 13.6. The molecule has 0 saturated carbocycles. The number of hydrogen-bond donors (Lipinski definition) is 2. The average molecular weight is 298 g/mol. The predicted molar refractivity (Wildman–Crippen MR) is 80.0 cm³/mol. The lowest BCUT2D eigenvalue weighted by atomic mass is 9.80. The normalized spacial score (nSPS) is 13.9. The van der Waals surface area contributed by atoms with Crippen molar-refractivity contribution >= 4 is 28.3 Å². The molecule has 0 spiro atoms. The average Bonchev–Trinajstić information content (AvgIpc) is 2.61. The summed E-state index contributed by atoms with van der Waals surface area (Å²) in [6.07, 6.45) is 0. The Morgan fingerprint density at radius 3 is 2.15 bits per heavy atom. The number of carbonyl (C=O) groups is 2. The fraction of sp³-hybridized carbons (Fsp3) is 0.643. The summed E-state index contributed by atoms with van der Waals surface area (Å²) in [5, 5.41) is 14.1. The summed E-state index contributed by atoms with van der Waals surface area (Å²) in [6, 6.07) is 0. The molecule has 1 aromatic rings. The molecule has 20 heavy (non-hydrogen) atoms. The first-order valence-corrected chi connectivity index (χ1v) is 7.30. The second kappa shape index (κ2) is 5.52. The summed E-state index contributed by atoms with van der Waals surface area (Å²) < 4.78 is 0. The Morgan fingerprint density at radius 1 is 1.25 bits per heavy atom. The molecule has 1 rings (SSSR count). The fourth-order valence-electron chi connectivity index (χ4n) is 1.73. The number of hydrogen-bond acceptors (Lipinski definition) is 4. The molecule has 112 valence electrons. The molecular formula is C14H22N2O3S. The highest BCUT2D eigenvalue weighted by atomic mass is 32.1. The maximum Gasteiger partial charge on any atom is 0.316 e. The van der Waals surface area contributed by atoms with Gasteiger partial charge in [-0.3, -0.25) is 9.59 Å². The van der Waals surface area contributed by atoms with Crippen molar-refractivity contribution in [2.75, 3.05) is 5.32 Å². The molecule has 0 aromatic carbocycles. The number of rotatable bonds is 3. The Balaban J connectivity index is 2.90. The predicted octanol–water partition coefficient (Wildman–Crippen LogP) is 3.13. The standard InChI is InChI=1S/C14H22N2O3S/c1-13(2,3)8-7-20-12(15-8)16-10(17)9(11(18)19)14(4,5)6/h7,9H,1-6H3,(H,18,19)(H,15,16,17). The van der Waals surface area contributed by atoms with Gasteiger partial charge in [-0.05, 0) is 5.41 Å². The van der Waals surface area contributed by atoms with E-state index in [1.165, 1.54) is 11.3 Å². The number of anilines is 1. The van der Waals surface area contributed by atoms with Gasteiger partial charge in [0.15, 0.2) is 5.13 Å². The Kier molecular flexibility index (Phi) is 4.59. The van der Waals surface area contributed by atoms with Crippen LogP contribution in [0.15, 0.2) is 5.38 Å².